The third-order valence-electron chi connectivity index (χ3n) is 4.11. The Kier molecular flexibility index (Phi) is 8.47. The second-order valence-electron chi connectivity index (χ2n) is 6.03. The number of benzene rings is 2. The van der Waals surface area contributed by atoms with E-state index in [2.05, 4.69) is 15.5 Å². The molecule has 1 unspecified atom stereocenters. The van der Waals surface area contributed by atoms with Gasteiger partial charge < -0.3 is 24.3 Å². The van der Waals surface area contributed by atoms with Crippen molar-refractivity contribution in [3.05, 3.63) is 34.3 Å². The third-order valence-corrected chi connectivity index (χ3v) is 4.71. The summed E-state index contributed by atoms with van der Waals surface area (Å²) in [5.41, 5.74) is 0.351. The molecule has 0 saturated heterocycles. The number of halogens is 2. The number of ether oxygens (including phenoxy) is 4. The molecule has 2 rings (SSSR count). The molecule has 2 aromatic rings. The van der Waals surface area contributed by atoms with Gasteiger partial charge in [0.05, 0.1) is 38.5 Å². The van der Waals surface area contributed by atoms with E-state index in [1.807, 2.05) is 0 Å². The van der Waals surface area contributed by atoms with E-state index >= 15 is 0 Å². The highest BCUT2D eigenvalue weighted by molar-refractivity contribution is 6.33. The van der Waals surface area contributed by atoms with Crippen molar-refractivity contribution in [2.45, 2.75) is 13.0 Å². The van der Waals surface area contributed by atoms with Gasteiger partial charge in [-0.05, 0) is 19.1 Å². The third kappa shape index (κ3) is 5.56. The maximum absolute atomic E-state index is 12.8. The summed E-state index contributed by atoms with van der Waals surface area (Å²) in [5, 5.41) is 10.9. The predicted molar refractivity (Wildman–Crippen MR) is 117 cm³/mol. The molecule has 0 radical (unpaired) electrons. The molecule has 1 atom stereocenters. The topological polar surface area (TPSA) is 108 Å². The summed E-state index contributed by atoms with van der Waals surface area (Å²) in [6, 6.07) is 4.60. The van der Waals surface area contributed by atoms with Gasteiger partial charge in [0, 0.05) is 12.1 Å². The van der Waals surface area contributed by atoms with Crippen molar-refractivity contribution in [3.8, 4) is 23.0 Å². The predicted octanol–water partition coefficient (Wildman–Crippen LogP) is 4.71. The van der Waals surface area contributed by atoms with Crippen LogP contribution in [0, 0.1) is 0 Å². The number of anilines is 1. The zero-order valence-electron chi connectivity index (χ0n) is 17.5. The first-order valence-corrected chi connectivity index (χ1v) is 9.57. The fourth-order valence-corrected chi connectivity index (χ4v) is 3.00. The lowest BCUT2D eigenvalue weighted by atomic mass is 10.2. The molecule has 11 heteroatoms. The number of carbonyl (C=O) groups excluding carboxylic acids is 2. The summed E-state index contributed by atoms with van der Waals surface area (Å²) in [6.07, 6.45) is 0. The zero-order chi connectivity index (χ0) is 23.1. The van der Waals surface area contributed by atoms with Crippen molar-refractivity contribution in [1.82, 2.24) is 0 Å². The Morgan fingerprint density at radius 1 is 0.903 bits per heavy atom. The van der Waals surface area contributed by atoms with Gasteiger partial charge in [0.1, 0.15) is 17.1 Å². The van der Waals surface area contributed by atoms with E-state index in [0.717, 1.165) is 0 Å². The number of nitrogens with zero attached hydrogens (tertiary/aromatic N) is 2. The monoisotopic (exact) mass is 469 g/mol. The molecule has 2 aromatic carbocycles. The summed E-state index contributed by atoms with van der Waals surface area (Å²) in [6.45, 7) is 1.21. The van der Waals surface area contributed by atoms with Crippen molar-refractivity contribution in [2.24, 2.45) is 10.2 Å². The highest BCUT2D eigenvalue weighted by atomic mass is 35.5. The van der Waals surface area contributed by atoms with Crippen LogP contribution in [-0.4, -0.2) is 46.2 Å². The van der Waals surface area contributed by atoms with Gasteiger partial charge >= 0.3 is 0 Å². The van der Waals surface area contributed by atoms with Crippen LogP contribution in [-0.2, 0) is 9.59 Å². The molecule has 0 bridgehead atoms. The number of amides is 1. The van der Waals surface area contributed by atoms with Gasteiger partial charge in [0.2, 0.25) is 6.04 Å². The van der Waals surface area contributed by atoms with Gasteiger partial charge in [0.25, 0.3) is 5.91 Å². The number of methoxy groups -OCH3 is 4. The lowest BCUT2D eigenvalue weighted by molar-refractivity contribution is -0.126. The van der Waals surface area contributed by atoms with Crippen molar-refractivity contribution in [2.75, 3.05) is 33.8 Å². The SMILES string of the molecule is COc1cc(Cl)c(N=NC(C(C)=O)C(=O)Nc2c(OC)ccc(Cl)c2OC)cc1OC. The average molecular weight is 470 g/mol. The van der Waals surface area contributed by atoms with Gasteiger partial charge in [-0.3, -0.25) is 9.59 Å². The number of ketones is 1. The van der Waals surface area contributed by atoms with E-state index in [4.69, 9.17) is 42.1 Å². The van der Waals surface area contributed by atoms with Crippen LogP contribution in [0.15, 0.2) is 34.5 Å². The van der Waals surface area contributed by atoms with Gasteiger partial charge in [-0.2, -0.15) is 10.2 Å². The second kappa shape index (κ2) is 10.8. The largest absolute Gasteiger partial charge is 0.494 e. The van der Waals surface area contributed by atoms with Gasteiger partial charge in [-0.25, -0.2) is 0 Å². The Bertz CT molecular complexity index is 1010. The number of rotatable bonds is 9. The summed E-state index contributed by atoms with van der Waals surface area (Å²) in [4.78, 5) is 24.9. The molecule has 0 fully saturated rings. The van der Waals surface area contributed by atoms with Crippen molar-refractivity contribution in [3.63, 3.8) is 0 Å². The summed E-state index contributed by atoms with van der Waals surface area (Å²) >= 11 is 12.3. The summed E-state index contributed by atoms with van der Waals surface area (Å²) in [5.74, 6) is -0.0802. The molecule has 31 heavy (non-hydrogen) atoms. The molecule has 1 N–H and O–H groups in total. The van der Waals surface area contributed by atoms with Crippen LogP contribution < -0.4 is 24.3 Å². The molecule has 166 valence electrons. The number of Topliss-reactive ketones (excluding diaryl/α,β-unsaturated/α-hetero) is 1. The molecule has 0 spiro atoms. The van der Waals surface area contributed by atoms with Gasteiger partial charge in [-0.1, -0.05) is 23.2 Å². The van der Waals surface area contributed by atoms with Gasteiger partial charge in [0.15, 0.2) is 23.0 Å². The Balaban J connectivity index is 2.37. The number of hydrogen-bond donors (Lipinski definition) is 1. The van der Waals surface area contributed by atoms with Crippen LogP contribution in [0.3, 0.4) is 0 Å². The molecule has 0 aliphatic carbocycles. The Morgan fingerprint density at radius 3 is 2.06 bits per heavy atom. The smallest absolute Gasteiger partial charge is 0.259 e. The van der Waals surface area contributed by atoms with Crippen molar-refractivity contribution in [1.29, 1.82) is 0 Å². The zero-order valence-corrected chi connectivity index (χ0v) is 19.0. The molecule has 0 heterocycles. The van der Waals surface area contributed by atoms with E-state index in [1.165, 1.54) is 47.5 Å². The maximum Gasteiger partial charge on any atom is 0.259 e. The molecule has 1 amide bonds. The van der Waals surface area contributed by atoms with Crippen LogP contribution in [0.1, 0.15) is 6.92 Å². The first kappa shape index (κ1) is 24.2. The fraction of sp³-hybridized carbons (Fsp3) is 0.300. The molecule has 9 nitrogen and oxygen atoms in total. The summed E-state index contributed by atoms with van der Waals surface area (Å²) in [7, 11) is 5.71. The molecule has 0 aliphatic rings. The highest BCUT2D eigenvalue weighted by Crippen LogP contribution is 2.41. The Morgan fingerprint density at radius 2 is 1.52 bits per heavy atom. The van der Waals surface area contributed by atoms with Crippen LogP contribution in [0.2, 0.25) is 10.0 Å². The Hall–Kier alpha value is -3.04. The lowest BCUT2D eigenvalue weighted by Crippen LogP contribution is -2.32. The van der Waals surface area contributed by atoms with Crippen LogP contribution in [0.5, 0.6) is 23.0 Å². The minimum atomic E-state index is -1.46. The minimum absolute atomic E-state index is 0.160. The number of carbonyl (C=O) groups is 2. The number of hydrogen-bond acceptors (Lipinski definition) is 8. The van der Waals surface area contributed by atoms with Gasteiger partial charge in [-0.15, -0.1) is 0 Å². The van der Waals surface area contributed by atoms with Crippen LogP contribution in [0.4, 0.5) is 11.4 Å². The average Bonchev–Trinajstić information content (AvgIpc) is 2.74. The van der Waals surface area contributed by atoms with E-state index < -0.39 is 17.7 Å². The van der Waals surface area contributed by atoms with E-state index in [1.54, 1.807) is 12.1 Å². The van der Waals surface area contributed by atoms with E-state index in [0.29, 0.717) is 11.5 Å². The van der Waals surface area contributed by atoms with Crippen LogP contribution in [0.25, 0.3) is 0 Å². The van der Waals surface area contributed by atoms with Crippen molar-refractivity contribution < 1.29 is 28.5 Å². The lowest BCUT2D eigenvalue weighted by Gasteiger charge is -2.16. The number of nitrogens with one attached hydrogen (secondary N) is 1. The molecule has 0 saturated carbocycles. The van der Waals surface area contributed by atoms with E-state index in [9.17, 15) is 9.59 Å². The molecular weight excluding hydrogens is 449 g/mol. The first-order valence-electron chi connectivity index (χ1n) is 8.81. The molecular formula is C20H21Cl2N3O6. The molecule has 0 aromatic heterocycles. The minimum Gasteiger partial charge on any atom is -0.494 e. The highest BCUT2D eigenvalue weighted by Gasteiger charge is 2.26. The standard InChI is InChI=1S/C20H21Cl2N3O6/c1-10(26)17(25-24-13-9-16(30-4)15(29-3)8-12(13)22)20(27)23-18-14(28-2)7-6-11(21)19(18)31-5/h6-9,17H,1-5H3,(H,23,27). The van der Waals surface area contributed by atoms with E-state index in [-0.39, 0.29) is 32.9 Å². The number of azo groups is 1. The second-order valence-corrected chi connectivity index (χ2v) is 6.85. The molecule has 0 aliphatic heterocycles. The summed E-state index contributed by atoms with van der Waals surface area (Å²) < 4.78 is 20.8. The fourth-order valence-electron chi connectivity index (χ4n) is 2.58. The first-order chi connectivity index (χ1) is 14.8. The normalized spacial score (nSPS) is 11.7. The maximum atomic E-state index is 12.8. The van der Waals surface area contributed by atoms with Crippen LogP contribution >= 0.6 is 23.2 Å². The van der Waals surface area contributed by atoms with Crippen molar-refractivity contribution >= 4 is 46.3 Å². The quantitative estimate of drug-likeness (QED) is 0.420. The Labute approximate surface area is 189 Å².